The third kappa shape index (κ3) is 6.74. The summed E-state index contributed by atoms with van der Waals surface area (Å²) in [5, 5.41) is 6.14. The first kappa shape index (κ1) is 22.7. The summed E-state index contributed by atoms with van der Waals surface area (Å²) >= 11 is 0. The smallest absolute Gasteiger partial charge is 0.191 e. The van der Waals surface area contributed by atoms with Crippen LogP contribution in [0.25, 0.3) is 0 Å². The van der Waals surface area contributed by atoms with Crippen LogP contribution in [-0.4, -0.2) is 47.4 Å². The molecule has 1 atom stereocenters. The fraction of sp³-hybridized carbons (Fsp3) is 0.381. The lowest BCUT2D eigenvalue weighted by atomic mass is 9.98. The van der Waals surface area contributed by atoms with Crippen LogP contribution < -0.4 is 15.4 Å². The first-order valence-corrected chi connectivity index (χ1v) is 11.1. The maximum atomic E-state index is 13.7. The molecular weight excluding hydrogens is 393 g/mol. The lowest BCUT2D eigenvalue weighted by Crippen LogP contribution is -2.40. The standard InChI is InChI=1S/C21H28FN3O3S/c1-16(17-8-10-18(28-3)11-9-17)12-13-24-21(23-2)25-14-15-29(26,27)20-7-5-4-6-19(20)22/h4-11,16H,12-15H2,1-3H3,(H2,23,24,25). The molecule has 2 N–H and O–H groups in total. The Labute approximate surface area is 172 Å². The molecule has 0 saturated heterocycles. The summed E-state index contributed by atoms with van der Waals surface area (Å²) in [5.41, 5.74) is 1.21. The molecule has 2 aromatic carbocycles. The molecule has 0 aliphatic rings. The SMILES string of the molecule is CN=C(NCCC(C)c1ccc(OC)cc1)NCCS(=O)(=O)c1ccccc1F. The highest BCUT2D eigenvalue weighted by Gasteiger charge is 2.18. The van der Waals surface area contributed by atoms with E-state index in [0.29, 0.717) is 18.4 Å². The van der Waals surface area contributed by atoms with Crippen LogP contribution in [0.5, 0.6) is 5.75 Å². The molecule has 0 radical (unpaired) electrons. The highest BCUT2D eigenvalue weighted by atomic mass is 32.2. The number of halogens is 1. The number of aliphatic imine (C=N–C) groups is 1. The highest BCUT2D eigenvalue weighted by Crippen LogP contribution is 2.21. The molecule has 8 heteroatoms. The summed E-state index contributed by atoms with van der Waals surface area (Å²) in [6, 6.07) is 13.4. The summed E-state index contributed by atoms with van der Waals surface area (Å²) in [6.45, 7) is 2.94. The fourth-order valence-corrected chi connectivity index (χ4v) is 4.08. The van der Waals surface area contributed by atoms with Crippen LogP contribution in [0.2, 0.25) is 0 Å². The van der Waals surface area contributed by atoms with E-state index < -0.39 is 15.7 Å². The fourth-order valence-electron chi connectivity index (χ4n) is 2.84. The van der Waals surface area contributed by atoms with E-state index >= 15 is 0 Å². The molecule has 6 nitrogen and oxygen atoms in total. The van der Waals surface area contributed by atoms with E-state index in [4.69, 9.17) is 4.74 Å². The minimum atomic E-state index is -3.70. The van der Waals surface area contributed by atoms with Crippen molar-refractivity contribution in [2.24, 2.45) is 4.99 Å². The average Bonchev–Trinajstić information content (AvgIpc) is 2.72. The number of hydrogen-bond acceptors (Lipinski definition) is 4. The zero-order valence-corrected chi connectivity index (χ0v) is 17.8. The second-order valence-corrected chi connectivity index (χ2v) is 8.72. The van der Waals surface area contributed by atoms with Crippen LogP contribution >= 0.6 is 0 Å². The monoisotopic (exact) mass is 421 g/mol. The van der Waals surface area contributed by atoms with Gasteiger partial charge in [0.25, 0.3) is 0 Å². The zero-order valence-electron chi connectivity index (χ0n) is 17.0. The number of hydrogen-bond donors (Lipinski definition) is 2. The maximum absolute atomic E-state index is 13.7. The Bertz CT molecular complexity index is 915. The van der Waals surface area contributed by atoms with E-state index in [1.807, 2.05) is 24.3 Å². The number of ether oxygens (including phenoxy) is 1. The average molecular weight is 422 g/mol. The second kappa shape index (κ2) is 10.8. The number of rotatable bonds is 9. The molecule has 0 aliphatic heterocycles. The Balaban J connectivity index is 1.78. The van der Waals surface area contributed by atoms with Gasteiger partial charge in [0.2, 0.25) is 0 Å². The summed E-state index contributed by atoms with van der Waals surface area (Å²) in [5.74, 6) is 0.719. The molecular formula is C21H28FN3O3S. The van der Waals surface area contributed by atoms with Gasteiger partial charge in [0, 0.05) is 20.1 Å². The van der Waals surface area contributed by atoms with Crippen molar-refractivity contribution in [3.8, 4) is 5.75 Å². The van der Waals surface area contributed by atoms with Gasteiger partial charge in [-0.1, -0.05) is 31.2 Å². The first-order valence-electron chi connectivity index (χ1n) is 9.43. The number of sulfone groups is 1. The Morgan fingerprint density at radius 3 is 2.38 bits per heavy atom. The van der Waals surface area contributed by atoms with Crippen molar-refractivity contribution in [3.05, 3.63) is 59.9 Å². The van der Waals surface area contributed by atoms with Gasteiger partial charge in [0.1, 0.15) is 16.5 Å². The minimum absolute atomic E-state index is 0.129. The van der Waals surface area contributed by atoms with Crippen LogP contribution in [0.3, 0.4) is 0 Å². The van der Waals surface area contributed by atoms with Crippen LogP contribution in [0.1, 0.15) is 24.8 Å². The van der Waals surface area contributed by atoms with Gasteiger partial charge in [-0.15, -0.1) is 0 Å². The van der Waals surface area contributed by atoms with E-state index in [0.717, 1.165) is 18.2 Å². The number of nitrogens with one attached hydrogen (secondary N) is 2. The van der Waals surface area contributed by atoms with Gasteiger partial charge in [-0.3, -0.25) is 4.99 Å². The van der Waals surface area contributed by atoms with E-state index in [2.05, 4.69) is 22.5 Å². The third-order valence-electron chi connectivity index (χ3n) is 4.61. The van der Waals surface area contributed by atoms with Crippen molar-refractivity contribution in [3.63, 3.8) is 0 Å². The Kier molecular flexibility index (Phi) is 8.45. The van der Waals surface area contributed by atoms with Gasteiger partial charge in [-0.05, 0) is 42.2 Å². The summed E-state index contributed by atoms with van der Waals surface area (Å²) in [7, 11) is -0.441. The van der Waals surface area contributed by atoms with Crippen LogP contribution in [-0.2, 0) is 9.84 Å². The number of guanidine groups is 1. The molecule has 1 unspecified atom stereocenters. The van der Waals surface area contributed by atoms with Gasteiger partial charge < -0.3 is 15.4 Å². The van der Waals surface area contributed by atoms with E-state index in [9.17, 15) is 12.8 Å². The lowest BCUT2D eigenvalue weighted by Gasteiger charge is -2.15. The Morgan fingerprint density at radius 2 is 1.76 bits per heavy atom. The Morgan fingerprint density at radius 1 is 1.10 bits per heavy atom. The molecule has 158 valence electrons. The number of methoxy groups -OCH3 is 1. The van der Waals surface area contributed by atoms with Crippen molar-refractivity contribution in [2.75, 3.05) is 33.0 Å². The van der Waals surface area contributed by atoms with Crippen molar-refractivity contribution in [1.29, 1.82) is 0 Å². The summed E-state index contributed by atoms with van der Waals surface area (Å²) < 4.78 is 43.5. The van der Waals surface area contributed by atoms with Crippen LogP contribution in [0, 0.1) is 5.82 Å². The third-order valence-corrected chi connectivity index (χ3v) is 6.36. The molecule has 0 aliphatic carbocycles. The van der Waals surface area contributed by atoms with Crippen molar-refractivity contribution in [2.45, 2.75) is 24.2 Å². The number of benzene rings is 2. The van der Waals surface area contributed by atoms with Crippen molar-refractivity contribution >= 4 is 15.8 Å². The molecule has 2 rings (SSSR count). The molecule has 0 bridgehead atoms. The lowest BCUT2D eigenvalue weighted by molar-refractivity contribution is 0.414. The second-order valence-electron chi connectivity index (χ2n) is 6.64. The van der Waals surface area contributed by atoms with Gasteiger partial charge in [0.15, 0.2) is 15.8 Å². The van der Waals surface area contributed by atoms with E-state index in [-0.39, 0.29) is 17.2 Å². The predicted molar refractivity (Wildman–Crippen MR) is 114 cm³/mol. The van der Waals surface area contributed by atoms with Crippen LogP contribution in [0.4, 0.5) is 4.39 Å². The van der Waals surface area contributed by atoms with Gasteiger partial charge in [-0.2, -0.15) is 0 Å². The molecule has 0 fully saturated rings. The molecule has 0 amide bonds. The number of nitrogens with zero attached hydrogens (tertiary/aromatic N) is 1. The summed E-state index contributed by atoms with van der Waals surface area (Å²) in [6.07, 6.45) is 0.876. The normalized spacial score (nSPS) is 13.0. The zero-order chi connectivity index (χ0) is 21.3. The molecule has 29 heavy (non-hydrogen) atoms. The first-order chi connectivity index (χ1) is 13.9. The highest BCUT2D eigenvalue weighted by molar-refractivity contribution is 7.91. The quantitative estimate of drug-likeness (QED) is 0.481. The molecule has 0 heterocycles. The Hall–Kier alpha value is -2.61. The van der Waals surface area contributed by atoms with Gasteiger partial charge >= 0.3 is 0 Å². The maximum Gasteiger partial charge on any atom is 0.191 e. The molecule has 0 aromatic heterocycles. The largest absolute Gasteiger partial charge is 0.497 e. The minimum Gasteiger partial charge on any atom is -0.497 e. The topological polar surface area (TPSA) is 79.8 Å². The van der Waals surface area contributed by atoms with Crippen LogP contribution in [0.15, 0.2) is 58.4 Å². The molecule has 2 aromatic rings. The molecule has 0 saturated carbocycles. The van der Waals surface area contributed by atoms with E-state index in [1.54, 1.807) is 14.2 Å². The summed E-state index contributed by atoms with van der Waals surface area (Å²) in [4.78, 5) is 3.82. The predicted octanol–water partition coefficient (Wildman–Crippen LogP) is 2.97. The molecule has 0 spiro atoms. The van der Waals surface area contributed by atoms with Crippen molar-refractivity contribution in [1.82, 2.24) is 10.6 Å². The van der Waals surface area contributed by atoms with Gasteiger partial charge in [-0.25, -0.2) is 12.8 Å². The van der Waals surface area contributed by atoms with Crippen molar-refractivity contribution < 1.29 is 17.5 Å². The van der Waals surface area contributed by atoms with Gasteiger partial charge in [0.05, 0.1) is 12.9 Å². The van der Waals surface area contributed by atoms with E-state index in [1.165, 1.54) is 23.8 Å².